The van der Waals surface area contributed by atoms with Gasteiger partial charge in [-0.3, -0.25) is 0 Å². The van der Waals surface area contributed by atoms with Crippen LogP contribution in [0.1, 0.15) is 47.6 Å². The van der Waals surface area contributed by atoms with Gasteiger partial charge in [-0.15, -0.1) is 22.7 Å². The van der Waals surface area contributed by atoms with Gasteiger partial charge in [-0.05, 0) is 73.8 Å². The Hall–Kier alpha value is -2.82. The Morgan fingerprint density at radius 3 is 1.26 bits per heavy atom. The first kappa shape index (κ1) is 40.0. The smallest absolute Gasteiger partial charge is 0.243 e. The first-order valence-corrected chi connectivity index (χ1v) is 21.4. The highest BCUT2D eigenvalue weighted by atomic mass is 32.2. The van der Waals surface area contributed by atoms with Crippen LogP contribution < -0.4 is 9.47 Å². The average molecular weight is 765 g/mol. The largest absolute Gasteiger partial charge is 0.490 e. The van der Waals surface area contributed by atoms with Crippen molar-refractivity contribution >= 4 is 42.7 Å². The molecule has 14 heteroatoms. The molecule has 0 bridgehead atoms. The molecule has 50 heavy (non-hydrogen) atoms. The molecule has 0 amide bonds. The molecule has 2 aromatic heterocycles. The van der Waals surface area contributed by atoms with Crippen molar-refractivity contribution in [2.75, 3.05) is 52.7 Å². The molecule has 274 valence electrons. The van der Waals surface area contributed by atoms with E-state index in [2.05, 4.69) is 0 Å². The first-order valence-electron chi connectivity index (χ1n) is 16.7. The lowest BCUT2D eigenvalue weighted by atomic mass is 10.2. The van der Waals surface area contributed by atoms with E-state index < -0.39 is 20.0 Å². The van der Waals surface area contributed by atoms with Gasteiger partial charge in [0.2, 0.25) is 20.0 Å². The summed E-state index contributed by atoms with van der Waals surface area (Å²) in [5.74, 6) is 1.32. The van der Waals surface area contributed by atoms with Crippen LogP contribution in [0.5, 0.6) is 11.5 Å². The summed E-state index contributed by atoms with van der Waals surface area (Å²) in [4.78, 5) is 2.26. The maximum Gasteiger partial charge on any atom is 0.243 e. The molecule has 4 rings (SSSR count). The van der Waals surface area contributed by atoms with E-state index in [9.17, 15) is 16.8 Å². The highest BCUT2D eigenvalue weighted by Gasteiger charge is 2.27. The molecule has 0 unspecified atom stereocenters. The molecule has 4 aromatic rings. The Labute approximate surface area is 305 Å². The van der Waals surface area contributed by atoms with Gasteiger partial charge >= 0.3 is 0 Å². The number of nitrogens with zero attached hydrogens (tertiary/aromatic N) is 2. The number of hydrogen-bond acceptors (Lipinski definition) is 10. The number of benzene rings is 2. The van der Waals surface area contributed by atoms with Crippen molar-refractivity contribution in [3.05, 3.63) is 92.3 Å². The third kappa shape index (κ3) is 11.3. The molecule has 0 aliphatic rings. The van der Waals surface area contributed by atoms with Crippen molar-refractivity contribution in [3.8, 4) is 11.5 Å². The SMILES string of the molecule is CCCN(Cc1sccc1OCCOCCOCCOc1ccsc1CN(CCC)S(=O)(=O)c1ccc(C)cc1)S(=O)(=O)c1ccc(C)cc1. The first-order chi connectivity index (χ1) is 24.1. The van der Waals surface area contributed by atoms with E-state index in [1.165, 1.54) is 31.3 Å². The molecule has 2 heterocycles. The summed E-state index contributed by atoms with van der Waals surface area (Å²) in [6.07, 6.45) is 1.39. The highest BCUT2D eigenvalue weighted by Crippen LogP contribution is 2.30. The molecule has 0 atom stereocenters. The molecule has 0 aliphatic heterocycles. The molecule has 0 spiro atoms. The van der Waals surface area contributed by atoms with Gasteiger partial charge in [0.05, 0.1) is 59.1 Å². The molecule has 0 saturated heterocycles. The standard InChI is InChI=1S/C36H48N2O8S4/c1-5-17-37(49(39,40)31-11-7-29(3)8-12-31)27-35-33(15-25-47-35)45-23-21-43-19-20-44-22-24-46-34-16-26-48-36(34)28-38(18-6-2)50(41,42)32-13-9-30(4)10-14-32/h7-16,25-26H,5-6,17-24,27-28H2,1-4H3. The highest BCUT2D eigenvalue weighted by molar-refractivity contribution is 7.89. The zero-order chi connectivity index (χ0) is 36.0. The minimum atomic E-state index is -3.64. The van der Waals surface area contributed by atoms with Gasteiger partial charge in [0.25, 0.3) is 0 Å². The Morgan fingerprint density at radius 1 is 0.540 bits per heavy atom. The topological polar surface area (TPSA) is 112 Å². The predicted molar refractivity (Wildman–Crippen MR) is 199 cm³/mol. The van der Waals surface area contributed by atoms with Gasteiger partial charge in [-0.25, -0.2) is 16.8 Å². The Balaban J connectivity index is 1.14. The van der Waals surface area contributed by atoms with E-state index >= 15 is 0 Å². The van der Waals surface area contributed by atoms with E-state index in [4.69, 9.17) is 18.9 Å². The molecule has 0 radical (unpaired) electrons. The lowest BCUT2D eigenvalue weighted by Crippen LogP contribution is -2.31. The Bertz CT molecular complexity index is 1670. The Morgan fingerprint density at radius 2 is 0.900 bits per heavy atom. The fourth-order valence-electron chi connectivity index (χ4n) is 4.99. The number of thiophene rings is 2. The van der Waals surface area contributed by atoms with E-state index in [-0.39, 0.29) is 22.9 Å². The van der Waals surface area contributed by atoms with Gasteiger partial charge in [0.15, 0.2) is 0 Å². The summed E-state index contributed by atoms with van der Waals surface area (Å²) in [7, 11) is -7.28. The van der Waals surface area contributed by atoms with Gasteiger partial charge in [0, 0.05) is 13.1 Å². The fourth-order valence-corrected chi connectivity index (χ4v) is 9.82. The van der Waals surface area contributed by atoms with E-state index in [0.717, 1.165) is 20.9 Å². The van der Waals surface area contributed by atoms with Crippen LogP contribution in [-0.4, -0.2) is 78.2 Å². The van der Waals surface area contributed by atoms with Crippen LogP contribution in [0.4, 0.5) is 0 Å². The molecule has 0 saturated carbocycles. The summed E-state index contributed by atoms with van der Waals surface area (Å²) < 4.78 is 79.6. The van der Waals surface area contributed by atoms with Crippen molar-refractivity contribution < 1.29 is 35.8 Å². The van der Waals surface area contributed by atoms with Crippen LogP contribution in [0.25, 0.3) is 0 Å². The van der Waals surface area contributed by atoms with Gasteiger partial charge < -0.3 is 18.9 Å². The fraction of sp³-hybridized carbons (Fsp3) is 0.444. The van der Waals surface area contributed by atoms with Crippen molar-refractivity contribution in [2.45, 2.75) is 63.4 Å². The molecular formula is C36H48N2O8S4. The van der Waals surface area contributed by atoms with E-state index in [1.807, 2.05) is 74.9 Å². The molecular weight excluding hydrogens is 717 g/mol. The van der Waals surface area contributed by atoms with Crippen LogP contribution in [-0.2, 0) is 42.6 Å². The quantitative estimate of drug-likeness (QED) is 0.0735. The summed E-state index contributed by atoms with van der Waals surface area (Å²) in [6, 6.07) is 17.6. The number of rotatable bonds is 23. The van der Waals surface area contributed by atoms with Gasteiger partial charge in [-0.1, -0.05) is 49.2 Å². The third-order valence-corrected chi connectivity index (χ3v) is 13.1. The van der Waals surface area contributed by atoms with Crippen LogP contribution in [0.2, 0.25) is 0 Å². The second-order valence-corrected chi connectivity index (χ2v) is 17.5. The Kier molecular flexibility index (Phi) is 15.7. The van der Waals surface area contributed by atoms with Crippen LogP contribution in [0.15, 0.2) is 81.2 Å². The molecule has 10 nitrogen and oxygen atoms in total. The lowest BCUT2D eigenvalue weighted by Gasteiger charge is -2.22. The summed E-state index contributed by atoms with van der Waals surface area (Å²) in [5.41, 5.74) is 2.01. The normalized spacial score (nSPS) is 12.2. The molecule has 0 fully saturated rings. The second kappa shape index (κ2) is 19.7. The van der Waals surface area contributed by atoms with Crippen LogP contribution in [0.3, 0.4) is 0 Å². The average Bonchev–Trinajstić information content (AvgIpc) is 3.74. The maximum absolute atomic E-state index is 13.3. The second-order valence-electron chi connectivity index (χ2n) is 11.6. The third-order valence-electron chi connectivity index (χ3n) is 7.66. The number of aryl methyl sites for hydroxylation is 2. The lowest BCUT2D eigenvalue weighted by molar-refractivity contribution is 0.0272. The monoisotopic (exact) mass is 764 g/mol. The van der Waals surface area contributed by atoms with Crippen molar-refractivity contribution in [1.82, 2.24) is 8.61 Å². The van der Waals surface area contributed by atoms with Crippen molar-refractivity contribution in [2.24, 2.45) is 0 Å². The van der Waals surface area contributed by atoms with E-state index in [0.29, 0.717) is 77.1 Å². The van der Waals surface area contributed by atoms with Gasteiger partial charge in [0.1, 0.15) is 24.7 Å². The van der Waals surface area contributed by atoms with Crippen molar-refractivity contribution in [3.63, 3.8) is 0 Å². The summed E-state index contributed by atoms with van der Waals surface area (Å²) >= 11 is 2.94. The molecule has 2 aromatic carbocycles. The van der Waals surface area contributed by atoms with Crippen LogP contribution >= 0.6 is 22.7 Å². The zero-order valence-electron chi connectivity index (χ0n) is 29.2. The summed E-state index contributed by atoms with van der Waals surface area (Å²) in [5, 5.41) is 3.80. The number of ether oxygens (including phenoxy) is 4. The number of sulfonamides is 2. The molecule has 0 aliphatic carbocycles. The minimum absolute atomic E-state index is 0.240. The zero-order valence-corrected chi connectivity index (χ0v) is 32.5. The van der Waals surface area contributed by atoms with Gasteiger partial charge in [-0.2, -0.15) is 8.61 Å². The van der Waals surface area contributed by atoms with Crippen molar-refractivity contribution in [1.29, 1.82) is 0 Å². The van der Waals surface area contributed by atoms with E-state index in [1.54, 1.807) is 24.3 Å². The number of hydrogen-bond donors (Lipinski definition) is 0. The van der Waals surface area contributed by atoms with Crippen LogP contribution in [0, 0.1) is 13.8 Å². The maximum atomic E-state index is 13.3. The minimum Gasteiger partial charge on any atom is -0.490 e. The predicted octanol–water partition coefficient (Wildman–Crippen LogP) is 7.12. The summed E-state index contributed by atoms with van der Waals surface area (Å²) in [6.45, 7) is 11.2. The molecule has 0 N–H and O–H groups in total.